The van der Waals surface area contributed by atoms with Crippen LogP contribution >= 0.6 is 0 Å². The number of piperidine rings is 1. The largest absolute Gasteiger partial charge is 0.486 e. The molecule has 0 aliphatic carbocycles. The summed E-state index contributed by atoms with van der Waals surface area (Å²) in [4.78, 5) is 4.93. The fourth-order valence-electron chi connectivity index (χ4n) is 3.78. The molecule has 24 heavy (non-hydrogen) atoms. The van der Waals surface area contributed by atoms with Crippen LogP contribution in [0, 0.1) is 5.92 Å². The van der Waals surface area contributed by atoms with Crippen molar-refractivity contribution in [2.45, 2.75) is 45.6 Å². The Morgan fingerprint density at radius 3 is 2.83 bits per heavy atom. The van der Waals surface area contributed by atoms with Gasteiger partial charge < -0.3 is 19.4 Å². The van der Waals surface area contributed by atoms with Crippen molar-refractivity contribution in [3.05, 3.63) is 18.0 Å². The minimum absolute atomic E-state index is 0.621. The number of fused-ring (bicyclic) bond motifs is 2. The molecule has 1 saturated heterocycles. The van der Waals surface area contributed by atoms with Crippen molar-refractivity contribution in [3.63, 3.8) is 0 Å². The molecule has 1 atom stereocenters. The van der Waals surface area contributed by atoms with E-state index in [2.05, 4.69) is 28.9 Å². The molecule has 0 saturated carbocycles. The van der Waals surface area contributed by atoms with E-state index in [1.807, 2.05) is 0 Å². The molecule has 2 aliphatic rings. The lowest BCUT2D eigenvalue weighted by molar-refractivity contribution is 0.172. The number of unbranched alkanes of at least 4 members (excludes halogenated alkanes) is 1. The van der Waals surface area contributed by atoms with E-state index in [0.29, 0.717) is 19.1 Å². The van der Waals surface area contributed by atoms with Crippen molar-refractivity contribution < 1.29 is 9.47 Å². The Balaban J connectivity index is 1.71. The third-order valence-corrected chi connectivity index (χ3v) is 5.08. The summed E-state index contributed by atoms with van der Waals surface area (Å²) in [6.07, 6.45) is 5.98. The highest BCUT2D eigenvalue weighted by Crippen LogP contribution is 2.35. The van der Waals surface area contributed by atoms with E-state index in [1.54, 1.807) is 0 Å². The number of hydrogen-bond acceptors (Lipinski definition) is 4. The predicted molar refractivity (Wildman–Crippen MR) is 94.9 cm³/mol. The second kappa shape index (κ2) is 7.01. The van der Waals surface area contributed by atoms with Gasteiger partial charge in [0.1, 0.15) is 19.0 Å². The van der Waals surface area contributed by atoms with Crippen molar-refractivity contribution in [3.8, 4) is 11.5 Å². The van der Waals surface area contributed by atoms with Gasteiger partial charge in [0.25, 0.3) is 0 Å². The molecule has 5 nitrogen and oxygen atoms in total. The summed E-state index contributed by atoms with van der Waals surface area (Å²) in [5, 5.41) is 3.53. The number of aromatic nitrogens is 2. The molecule has 1 aromatic carbocycles. The average Bonchev–Trinajstić information content (AvgIpc) is 2.95. The lowest BCUT2D eigenvalue weighted by Crippen LogP contribution is -2.32. The fraction of sp³-hybridized carbons (Fsp3) is 0.632. The number of nitrogens with one attached hydrogen (secondary N) is 1. The van der Waals surface area contributed by atoms with Crippen LogP contribution in [0.4, 0.5) is 0 Å². The second-order valence-electron chi connectivity index (χ2n) is 6.94. The van der Waals surface area contributed by atoms with Gasteiger partial charge in [-0.05, 0) is 38.3 Å². The van der Waals surface area contributed by atoms with Gasteiger partial charge in [0, 0.05) is 25.1 Å². The van der Waals surface area contributed by atoms with Crippen molar-refractivity contribution >= 4 is 11.0 Å². The number of ether oxygens (including phenoxy) is 2. The molecule has 2 aliphatic heterocycles. The first kappa shape index (κ1) is 15.8. The Labute approximate surface area is 143 Å². The maximum atomic E-state index is 5.79. The van der Waals surface area contributed by atoms with Crippen LogP contribution in [0.25, 0.3) is 11.0 Å². The zero-order valence-electron chi connectivity index (χ0n) is 14.5. The van der Waals surface area contributed by atoms with Crippen LogP contribution in [-0.2, 0) is 13.0 Å². The fourth-order valence-corrected chi connectivity index (χ4v) is 3.78. The number of imidazole rings is 1. The summed E-state index contributed by atoms with van der Waals surface area (Å²) in [7, 11) is 0. The highest BCUT2D eigenvalue weighted by molar-refractivity contribution is 5.80. The predicted octanol–water partition coefficient (Wildman–Crippen LogP) is 3.15. The summed E-state index contributed by atoms with van der Waals surface area (Å²) in [6, 6.07) is 4.18. The van der Waals surface area contributed by atoms with Crippen molar-refractivity contribution in [1.29, 1.82) is 0 Å². The van der Waals surface area contributed by atoms with Crippen LogP contribution in [0.2, 0.25) is 0 Å². The smallest absolute Gasteiger partial charge is 0.163 e. The van der Waals surface area contributed by atoms with E-state index in [1.165, 1.54) is 37.0 Å². The van der Waals surface area contributed by atoms with Gasteiger partial charge in [0.05, 0.1) is 11.0 Å². The summed E-state index contributed by atoms with van der Waals surface area (Å²) >= 11 is 0. The molecule has 3 heterocycles. The Bertz CT molecular complexity index is 704. The zero-order valence-corrected chi connectivity index (χ0v) is 14.5. The van der Waals surface area contributed by atoms with Gasteiger partial charge >= 0.3 is 0 Å². The monoisotopic (exact) mass is 329 g/mol. The van der Waals surface area contributed by atoms with Gasteiger partial charge in [0.15, 0.2) is 11.5 Å². The molecule has 0 amide bonds. The summed E-state index contributed by atoms with van der Waals surface area (Å²) in [5.74, 6) is 3.59. The molecule has 1 aromatic heterocycles. The van der Waals surface area contributed by atoms with Crippen LogP contribution < -0.4 is 14.8 Å². The van der Waals surface area contributed by atoms with Gasteiger partial charge in [-0.25, -0.2) is 4.98 Å². The molecular formula is C19H27N3O2. The van der Waals surface area contributed by atoms with Crippen LogP contribution in [-0.4, -0.2) is 35.9 Å². The van der Waals surface area contributed by atoms with Crippen molar-refractivity contribution in [2.24, 2.45) is 5.92 Å². The summed E-state index contributed by atoms with van der Waals surface area (Å²) in [6.45, 7) is 6.79. The lowest BCUT2D eigenvalue weighted by Gasteiger charge is -2.24. The third kappa shape index (κ3) is 3.09. The maximum Gasteiger partial charge on any atom is 0.163 e. The average molecular weight is 329 g/mol. The molecule has 0 radical (unpaired) electrons. The van der Waals surface area contributed by atoms with E-state index in [9.17, 15) is 0 Å². The molecule has 1 N–H and O–H groups in total. The normalized spacial score (nSPS) is 20.5. The van der Waals surface area contributed by atoms with Gasteiger partial charge in [-0.2, -0.15) is 0 Å². The van der Waals surface area contributed by atoms with Crippen LogP contribution in [0.15, 0.2) is 12.1 Å². The Morgan fingerprint density at radius 1 is 1.25 bits per heavy atom. The first-order valence-corrected chi connectivity index (χ1v) is 9.34. The molecule has 0 bridgehead atoms. The van der Waals surface area contributed by atoms with Gasteiger partial charge in [0.2, 0.25) is 0 Å². The number of nitrogens with zero attached hydrogens (tertiary/aromatic N) is 2. The highest BCUT2D eigenvalue weighted by atomic mass is 16.6. The Morgan fingerprint density at radius 2 is 2.08 bits per heavy atom. The van der Waals surface area contributed by atoms with E-state index >= 15 is 0 Å². The van der Waals surface area contributed by atoms with E-state index in [-0.39, 0.29) is 0 Å². The SMILES string of the molecule is CCCCc1nc2cc3c(cc2n1CC1CCCNC1)OCCO3. The second-order valence-corrected chi connectivity index (χ2v) is 6.94. The molecule has 4 rings (SSSR count). The molecule has 1 unspecified atom stereocenters. The van der Waals surface area contributed by atoms with Gasteiger partial charge in [-0.15, -0.1) is 0 Å². The van der Waals surface area contributed by atoms with E-state index < -0.39 is 0 Å². The minimum Gasteiger partial charge on any atom is -0.486 e. The molecule has 1 fully saturated rings. The van der Waals surface area contributed by atoms with Crippen LogP contribution in [0.3, 0.4) is 0 Å². The number of hydrogen-bond donors (Lipinski definition) is 1. The number of benzene rings is 1. The van der Waals surface area contributed by atoms with Crippen molar-refractivity contribution in [2.75, 3.05) is 26.3 Å². The standard InChI is InChI=1S/C19H27N3O2/c1-2-3-6-19-21-15-10-17-18(24-9-8-23-17)11-16(15)22(19)13-14-5-4-7-20-12-14/h10-11,14,20H,2-9,12-13H2,1H3. The Kier molecular flexibility index (Phi) is 4.60. The minimum atomic E-state index is 0.621. The van der Waals surface area contributed by atoms with Crippen LogP contribution in [0.1, 0.15) is 38.4 Å². The Hall–Kier alpha value is -1.75. The maximum absolute atomic E-state index is 5.79. The number of aryl methyl sites for hydroxylation is 1. The molecular weight excluding hydrogens is 302 g/mol. The van der Waals surface area contributed by atoms with E-state index in [0.717, 1.165) is 43.1 Å². The lowest BCUT2D eigenvalue weighted by atomic mass is 9.99. The molecule has 0 spiro atoms. The van der Waals surface area contributed by atoms with Crippen molar-refractivity contribution in [1.82, 2.24) is 14.9 Å². The number of rotatable bonds is 5. The molecule has 5 heteroatoms. The topological polar surface area (TPSA) is 48.3 Å². The van der Waals surface area contributed by atoms with E-state index in [4.69, 9.17) is 14.5 Å². The quantitative estimate of drug-likeness (QED) is 0.915. The summed E-state index contributed by atoms with van der Waals surface area (Å²) in [5.41, 5.74) is 2.23. The summed E-state index contributed by atoms with van der Waals surface area (Å²) < 4.78 is 13.9. The highest BCUT2D eigenvalue weighted by Gasteiger charge is 2.21. The van der Waals surface area contributed by atoms with Gasteiger partial charge in [-0.3, -0.25) is 0 Å². The zero-order chi connectivity index (χ0) is 16.4. The van der Waals surface area contributed by atoms with Gasteiger partial charge in [-0.1, -0.05) is 13.3 Å². The van der Waals surface area contributed by atoms with Crippen LogP contribution in [0.5, 0.6) is 11.5 Å². The molecule has 2 aromatic rings. The first-order chi connectivity index (χ1) is 11.8. The first-order valence-electron chi connectivity index (χ1n) is 9.34. The molecule has 130 valence electrons. The third-order valence-electron chi connectivity index (χ3n) is 5.08.